The molecule has 21 heavy (non-hydrogen) atoms. The minimum atomic E-state index is -0.211. The summed E-state index contributed by atoms with van der Waals surface area (Å²) in [6.45, 7) is 0.466. The fourth-order valence-corrected chi connectivity index (χ4v) is 1.95. The molecule has 0 atom stereocenters. The molecule has 0 fully saturated rings. The van der Waals surface area contributed by atoms with Gasteiger partial charge in [0.05, 0.1) is 12.2 Å². The van der Waals surface area contributed by atoms with Gasteiger partial charge in [0.2, 0.25) is 5.91 Å². The molecule has 8 heteroatoms. The van der Waals surface area contributed by atoms with Gasteiger partial charge in [-0.05, 0) is 18.2 Å². The number of aryl methyl sites for hydroxylation is 1. The Morgan fingerprint density at radius 3 is 3.19 bits per heavy atom. The molecule has 2 aromatic rings. The number of hydrogen-bond donors (Lipinski definition) is 2. The van der Waals surface area contributed by atoms with E-state index in [9.17, 15) is 9.59 Å². The van der Waals surface area contributed by atoms with E-state index in [1.54, 1.807) is 29.2 Å². The van der Waals surface area contributed by atoms with Gasteiger partial charge in [0, 0.05) is 12.1 Å². The minimum absolute atomic E-state index is 0.0105. The van der Waals surface area contributed by atoms with Crippen LogP contribution in [0.5, 0.6) is 5.75 Å². The molecule has 1 aromatic carbocycles. The lowest BCUT2D eigenvalue weighted by Crippen LogP contribution is -2.25. The van der Waals surface area contributed by atoms with Gasteiger partial charge in [0.25, 0.3) is 5.91 Å². The molecule has 2 heterocycles. The van der Waals surface area contributed by atoms with E-state index in [2.05, 4.69) is 20.7 Å². The van der Waals surface area contributed by atoms with Crippen molar-refractivity contribution in [3.63, 3.8) is 0 Å². The fraction of sp³-hybridized carbons (Fsp3) is 0.231. The van der Waals surface area contributed by atoms with Crippen LogP contribution < -0.4 is 15.4 Å². The lowest BCUT2D eigenvalue weighted by molar-refractivity contribution is -0.118. The van der Waals surface area contributed by atoms with Crippen LogP contribution in [-0.4, -0.2) is 33.2 Å². The molecular weight excluding hydrogens is 274 g/mol. The zero-order chi connectivity index (χ0) is 14.7. The third kappa shape index (κ3) is 3.16. The van der Waals surface area contributed by atoms with Crippen molar-refractivity contribution in [2.24, 2.45) is 0 Å². The molecule has 3 rings (SSSR count). The third-order valence-electron chi connectivity index (χ3n) is 2.93. The van der Waals surface area contributed by atoms with Crippen molar-refractivity contribution in [1.29, 1.82) is 0 Å². The van der Waals surface area contributed by atoms with Gasteiger partial charge in [-0.15, -0.1) is 0 Å². The van der Waals surface area contributed by atoms with Crippen molar-refractivity contribution in [3.05, 3.63) is 30.9 Å². The monoisotopic (exact) mass is 287 g/mol. The Balaban J connectivity index is 1.61. The van der Waals surface area contributed by atoms with Crippen LogP contribution >= 0.6 is 0 Å². The molecule has 0 saturated heterocycles. The van der Waals surface area contributed by atoms with Crippen molar-refractivity contribution in [3.8, 4) is 5.75 Å². The number of aromatic nitrogens is 3. The number of hydrogen-bond acceptors (Lipinski definition) is 5. The number of anilines is 2. The maximum absolute atomic E-state index is 11.8. The first-order valence-corrected chi connectivity index (χ1v) is 6.40. The zero-order valence-corrected chi connectivity index (χ0v) is 11.1. The third-order valence-corrected chi connectivity index (χ3v) is 2.93. The molecule has 0 unspecified atom stereocenters. The molecule has 0 saturated carbocycles. The summed E-state index contributed by atoms with van der Waals surface area (Å²) in [6, 6.07) is 5.10. The standard InChI is InChI=1S/C13H13N5O3/c19-12(3-4-18-8-14-7-15-18)16-9-1-2-11-10(5-9)17-13(20)6-21-11/h1-2,5,7-8H,3-4,6H2,(H,16,19)(H,17,20). The van der Waals surface area contributed by atoms with Crippen LogP contribution in [-0.2, 0) is 16.1 Å². The summed E-state index contributed by atoms with van der Waals surface area (Å²) < 4.78 is 6.83. The second-order valence-electron chi connectivity index (χ2n) is 4.50. The van der Waals surface area contributed by atoms with Crippen molar-refractivity contribution < 1.29 is 14.3 Å². The molecular formula is C13H13N5O3. The SMILES string of the molecule is O=C(CCn1cncn1)Nc1ccc2c(c1)NC(=O)CO2. The van der Waals surface area contributed by atoms with E-state index < -0.39 is 0 Å². The van der Waals surface area contributed by atoms with Gasteiger partial charge in [-0.25, -0.2) is 4.98 Å². The first kappa shape index (κ1) is 13.1. The number of amides is 2. The van der Waals surface area contributed by atoms with E-state index in [4.69, 9.17) is 4.74 Å². The summed E-state index contributed by atoms with van der Waals surface area (Å²) in [4.78, 5) is 26.9. The van der Waals surface area contributed by atoms with Gasteiger partial charge in [-0.3, -0.25) is 14.3 Å². The van der Waals surface area contributed by atoms with Gasteiger partial charge in [0.15, 0.2) is 6.61 Å². The van der Waals surface area contributed by atoms with Gasteiger partial charge in [-0.1, -0.05) is 0 Å². The van der Waals surface area contributed by atoms with Crippen molar-refractivity contribution in [2.75, 3.05) is 17.2 Å². The van der Waals surface area contributed by atoms with E-state index >= 15 is 0 Å². The van der Waals surface area contributed by atoms with Crippen LogP contribution in [0.25, 0.3) is 0 Å². The second kappa shape index (κ2) is 5.61. The molecule has 2 amide bonds. The fourth-order valence-electron chi connectivity index (χ4n) is 1.95. The number of ether oxygens (including phenoxy) is 1. The van der Waals surface area contributed by atoms with Crippen LogP contribution in [0, 0.1) is 0 Å². The Bertz CT molecular complexity index is 668. The summed E-state index contributed by atoms with van der Waals surface area (Å²) in [6.07, 6.45) is 3.26. The minimum Gasteiger partial charge on any atom is -0.482 e. The highest BCUT2D eigenvalue weighted by molar-refractivity contribution is 5.97. The predicted octanol–water partition coefficient (Wildman–Crippen LogP) is 0.638. The molecule has 2 N–H and O–H groups in total. The molecule has 8 nitrogen and oxygen atoms in total. The van der Waals surface area contributed by atoms with E-state index in [0.717, 1.165) is 0 Å². The summed E-state index contributed by atoms with van der Waals surface area (Å²) >= 11 is 0. The maximum Gasteiger partial charge on any atom is 0.262 e. The Morgan fingerprint density at radius 1 is 1.48 bits per heavy atom. The molecule has 108 valence electrons. The molecule has 0 aliphatic carbocycles. The van der Waals surface area contributed by atoms with Crippen molar-refractivity contribution >= 4 is 23.2 Å². The van der Waals surface area contributed by atoms with E-state index in [-0.39, 0.29) is 24.8 Å². The first-order valence-electron chi connectivity index (χ1n) is 6.40. The zero-order valence-electron chi connectivity index (χ0n) is 11.1. The van der Waals surface area contributed by atoms with Crippen LogP contribution in [0.4, 0.5) is 11.4 Å². The van der Waals surface area contributed by atoms with Crippen LogP contribution in [0.3, 0.4) is 0 Å². The number of nitrogens with zero attached hydrogens (tertiary/aromatic N) is 3. The first-order chi connectivity index (χ1) is 10.2. The Morgan fingerprint density at radius 2 is 2.38 bits per heavy atom. The second-order valence-corrected chi connectivity index (χ2v) is 4.50. The number of fused-ring (bicyclic) bond motifs is 1. The number of rotatable bonds is 4. The highest BCUT2D eigenvalue weighted by Crippen LogP contribution is 2.30. The topological polar surface area (TPSA) is 98.1 Å². The highest BCUT2D eigenvalue weighted by atomic mass is 16.5. The van der Waals surface area contributed by atoms with Gasteiger partial charge in [0.1, 0.15) is 18.4 Å². The Labute approximate surface area is 120 Å². The molecule has 1 aliphatic heterocycles. The van der Waals surface area contributed by atoms with Crippen molar-refractivity contribution in [2.45, 2.75) is 13.0 Å². The van der Waals surface area contributed by atoms with Crippen LogP contribution in [0.15, 0.2) is 30.9 Å². The summed E-state index contributed by atoms with van der Waals surface area (Å²) in [5, 5.41) is 9.38. The van der Waals surface area contributed by atoms with Gasteiger partial charge < -0.3 is 15.4 Å². The quantitative estimate of drug-likeness (QED) is 0.859. The smallest absolute Gasteiger partial charge is 0.262 e. The molecule has 1 aromatic heterocycles. The summed E-state index contributed by atoms with van der Waals surface area (Å²) in [5.74, 6) is 0.237. The number of carbonyl (C=O) groups excluding carboxylic acids is 2. The highest BCUT2D eigenvalue weighted by Gasteiger charge is 2.16. The predicted molar refractivity (Wildman–Crippen MR) is 73.8 cm³/mol. The lowest BCUT2D eigenvalue weighted by atomic mass is 10.2. The molecule has 0 bridgehead atoms. The number of carbonyl (C=O) groups is 2. The normalized spacial score (nSPS) is 13.0. The average Bonchev–Trinajstić information content (AvgIpc) is 2.98. The van der Waals surface area contributed by atoms with Gasteiger partial charge >= 0.3 is 0 Å². The van der Waals surface area contributed by atoms with E-state index in [1.165, 1.54) is 6.33 Å². The van der Waals surface area contributed by atoms with Crippen molar-refractivity contribution in [1.82, 2.24) is 14.8 Å². The van der Waals surface area contributed by atoms with E-state index in [0.29, 0.717) is 23.7 Å². The van der Waals surface area contributed by atoms with Gasteiger partial charge in [-0.2, -0.15) is 5.10 Å². The Hall–Kier alpha value is -2.90. The average molecular weight is 287 g/mol. The summed E-state index contributed by atoms with van der Waals surface area (Å²) in [7, 11) is 0. The maximum atomic E-state index is 11.8. The Kier molecular flexibility index (Phi) is 3.50. The number of benzene rings is 1. The number of nitrogens with one attached hydrogen (secondary N) is 2. The van der Waals surface area contributed by atoms with E-state index in [1.807, 2.05) is 0 Å². The van der Waals surface area contributed by atoms with Crippen LogP contribution in [0.1, 0.15) is 6.42 Å². The summed E-state index contributed by atoms with van der Waals surface area (Å²) in [5.41, 5.74) is 1.16. The molecule has 1 aliphatic rings. The van der Waals surface area contributed by atoms with Crippen LogP contribution in [0.2, 0.25) is 0 Å². The lowest BCUT2D eigenvalue weighted by Gasteiger charge is -2.18. The largest absolute Gasteiger partial charge is 0.482 e. The molecule has 0 spiro atoms. The molecule has 0 radical (unpaired) electrons.